The van der Waals surface area contributed by atoms with Gasteiger partial charge < -0.3 is 9.64 Å². The maximum Gasteiger partial charge on any atom is 0.256 e. The van der Waals surface area contributed by atoms with Gasteiger partial charge >= 0.3 is 0 Å². The van der Waals surface area contributed by atoms with Crippen molar-refractivity contribution in [2.45, 2.75) is 12.5 Å². The summed E-state index contributed by atoms with van der Waals surface area (Å²) >= 11 is 0. The lowest BCUT2D eigenvalue weighted by Crippen LogP contribution is -2.35. The Morgan fingerprint density at radius 3 is 2.53 bits per heavy atom. The molecule has 1 aliphatic heterocycles. The van der Waals surface area contributed by atoms with Crippen LogP contribution in [0.1, 0.15) is 18.1 Å². The molecular weight excluding hydrogens is 214 g/mol. The van der Waals surface area contributed by atoms with Crippen LogP contribution in [-0.4, -0.2) is 31.0 Å². The average molecular weight is 231 g/mol. The molecule has 1 amide bonds. The van der Waals surface area contributed by atoms with E-state index in [4.69, 9.17) is 4.74 Å². The van der Waals surface area contributed by atoms with Crippen LogP contribution >= 0.6 is 0 Å². The molecule has 0 bridgehead atoms. The van der Waals surface area contributed by atoms with Gasteiger partial charge in [0.05, 0.1) is 0 Å². The number of piperidine rings is 1. The van der Waals surface area contributed by atoms with Gasteiger partial charge in [0.1, 0.15) is 0 Å². The first-order valence-corrected chi connectivity index (χ1v) is 6.16. The Hall–Kier alpha value is -1.35. The molecular formula is C14H17NO2. The molecule has 0 spiro atoms. The largest absolute Gasteiger partial charge is 0.367 e. The summed E-state index contributed by atoms with van der Waals surface area (Å²) in [6.45, 7) is 1.85. The van der Waals surface area contributed by atoms with Gasteiger partial charge in [-0.2, -0.15) is 0 Å². The molecule has 17 heavy (non-hydrogen) atoms. The van der Waals surface area contributed by atoms with Gasteiger partial charge in [-0.1, -0.05) is 30.3 Å². The molecule has 2 fully saturated rings. The quantitative estimate of drug-likeness (QED) is 0.794. The van der Waals surface area contributed by atoms with E-state index < -0.39 is 6.10 Å². The van der Waals surface area contributed by atoms with Gasteiger partial charge in [0.15, 0.2) is 6.10 Å². The highest BCUT2D eigenvalue weighted by molar-refractivity contribution is 5.82. The topological polar surface area (TPSA) is 29.5 Å². The second-order valence-electron chi connectivity index (χ2n) is 5.03. The molecule has 3 atom stereocenters. The summed E-state index contributed by atoms with van der Waals surface area (Å²) in [5.74, 6) is 1.66. The van der Waals surface area contributed by atoms with Gasteiger partial charge in [-0.3, -0.25) is 4.79 Å². The molecule has 3 heteroatoms. The Morgan fingerprint density at radius 2 is 1.94 bits per heavy atom. The maximum atomic E-state index is 12.3. The molecule has 0 N–H and O–H groups in total. The fourth-order valence-electron chi connectivity index (χ4n) is 2.75. The van der Waals surface area contributed by atoms with Crippen LogP contribution in [0.3, 0.4) is 0 Å². The first-order valence-electron chi connectivity index (χ1n) is 6.16. The third kappa shape index (κ3) is 1.95. The minimum absolute atomic E-state index is 0.117. The standard InChI is InChI=1S/C14H17NO2/c1-17-13(10-5-3-2-4-6-10)14(16)15-8-11-7-12(11)9-15/h2-6,11-13H,7-9H2,1H3/t11?,12?,13-/m1/s1. The SMILES string of the molecule is CO[C@@H](C(=O)N1CC2CC2C1)c1ccccc1. The molecule has 1 aromatic carbocycles. The van der Waals surface area contributed by atoms with Crippen molar-refractivity contribution in [3.63, 3.8) is 0 Å². The van der Waals surface area contributed by atoms with Gasteiger partial charge in [0, 0.05) is 20.2 Å². The molecule has 2 aliphatic rings. The number of carbonyl (C=O) groups is 1. The van der Waals surface area contributed by atoms with E-state index in [9.17, 15) is 4.79 Å². The molecule has 0 aromatic heterocycles. The van der Waals surface area contributed by atoms with Crippen LogP contribution < -0.4 is 0 Å². The second-order valence-corrected chi connectivity index (χ2v) is 5.03. The minimum Gasteiger partial charge on any atom is -0.367 e. The Bertz CT molecular complexity index is 407. The lowest BCUT2D eigenvalue weighted by molar-refractivity contribution is -0.141. The van der Waals surface area contributed by atoms with E-state index in [0.717, 1.165) is 30.5 Å². The number of carbonyl (C=O) groups excluding carboxylic acids is 1. The van der Waals surface area contributed by atoms with Crippen LogP contribution in [0, 0.1) is 11.8 Å². The van der Waals surface area contributed by atoms with Gasteiger partial charge in [0.25, 0.3) is 5.91 Å². The average Bonchev–Trinajstić information content (AvgIpc) is 2.98. The van der Waals surface area contributed by atoms with Crippen LogP contribution in [0.15, 0.2) is 30.3 Å². The highest BCUT2D eigenvalue weighted by Gasteiger charge is 2.47. The number of amides is 1. The lowest BCUT2D eigenvalue weighted by Gasteiger charge is -2.23. The summed E-state index contributed by atoms with van der Waals surface area (Å²) in [6.07, 6.45) is 0.876. The van der Waals surface area contributed by atoms with E-state index in [1.165, 1.54) is 6.42 Å². The molecule has 3 nitrogen and oxygen atoms in total. The maximum absolute atomic E-state index is 12.3. The molecule has 2 unspecified atom stereocenters. The van der Waals surface area contributed by atoms with Crippen LogP contribution in [0.25, 0.3) is 0 Å². The van der Waals surface area contributed by atoms with Gasteiger partial charge in [0.2, 0.25) is 0 Å². The number of methoxy groups -OCH3 is 1. The first kappa shape index (κ1) is 10.8. The number of rotatable bonds is 3. The van der Waals surface area contributed by atoms with Crippen molar-refractivity contribution >= 4 is 5.91 Å². The van der Waals surface area contributed by atoms with Crippen molar-refractivity contribution in [3.8, 4) is 0 Å². The van der Waals surface area contributed by atoms with Crippen molar-refractivity contribution in [1.82, 2.24) is 4.90 Å². The van der Waals surface area contributed by atoms with Crippen molar-refractivity contribution in [2.24, 2.45) is 11.8 Å². The van der Waals surface area contributed by atoms with E-state index in [1.807, 2.05) is 35.2 Å². The summed E-state index contributed by atoms with van der Waals surface area (Å²) < 4.78 is 5.37. The van der Waals surface area contributed by atoms with Crippen molar-refractivity contribution < 1.29 is 9.53 Å². The van der Waals surface area contributed by atoms with Gasteiger partial charge in [-0.25, -0.2) is 0 Å². The number of nitrogens with zero attached hydrogens (tertiary/aromatic N) is 1. The number of hydrogen-bond donors (Lipinski definition) is 0. The zero-order chi connectivity index (χ0) is 11.8. The molecule has 1 aromatic rings. The number of fused-ring (bicyclic) bond motifs is 1. The smallest absolute Gasteiger partial charge is 0.256 e. The zero-order valence-corrected chi connectivity index (χ0v) is 10.0. The van der Waals surface area contributed by atoms with Crippen molar-refractivity contribution in [3.05, 3.63) is 35.9 Å². The summed E-state index contributed by atoms with van der Waals surface area (Å²) in [6, 6.07) is 9.73. The minimum atomic E-state index is -0.436. The van der Waals surface area contributed by atoms with Crippen molar-refractivity contribution in [2.75, 3.05) is 20.2 Å². The third-order valence-electron chi connectivity index (χ3n) is 3.85. The van der Waals surface area contributed by atoms with E-state index in [0.29, 0.717) is 0 Å². The molecule has 1 saturated carbocycles. The zero-order valence-electron chi connectivity index (χ0n) is 10.0. The lowest BCUT2D eigenvalue weighted by atomic mass is 10.1. The summed E-state index contributed by atoms with van der Waals surface area (Å²) in [5.41, 5.74) is 0.945. The molecule has 1 aliphatic carbocycles. The number of ether oxygens (including phenoxy) is 1. The molecule has 1 saturated heterocycles. The van der Waals surface area contributed by atoms with E-state index >= 15 is 0 Å². The molecule has 90 valence electrons. The van der Waals surface area contributed by atoms with Crippen LogP contribution in [0.5, 0.6) is 0 Å². The van der Waals surface area contributed by atoms with Crippen LogP contribution in [-0.2, 0) is 9.53 Å². The Balaban J connectivity index is 1.74. The number of likely N-dealkylation sites (tertiary alicyclic amines) is 1. The summed E-state index contributed by atoms with van der Waals surface area (Å²) in [5, 5.41) is 0. The first-order chi connectivity index (χ1) is 8.29. The third-order valence-corrected chi connectivity index (χ3v) is 3.85. The summed E-state index contributed by atoms with van der Waals surface area (Å²) in [7, 11) is 1.60. The number of benzene rings is 1. The van der Waals surface area contributed by atoms with Gasteiger partial charge in [-0.15, -0.1) is 0 Å². The fraction of sp³-hybridized carbons (Fsp3) is 0.500. The highest BCUT2D eigenvalue weighted by atomic mass is 16.5. The molecule has 3 rings (SSSR count). The van der Waals surface area contributed by atoms with E-state index in [2.05, 4.69) is 0 Å². The Kier molecular flexibility index (Phi) is 2.63. The Labute approximate surface area is 101 Å². The Morgan fingerprint density at radius 1 is 1.29 bits per heavy atom. The van der Waals surface area contributed by atoms with Crippen LogP contribution in [0.4, 0.5) is 0 Å². The highest BCUT2D eigenvalue weighted by Crippen LogP contribution is 2.45. The van der Waals surface area contributed by atoms with Crippen molar-refractivity contribution in [1.29, 1.82) is 0 Å². The predicted molar refractivity (Wildman–Crippen MR) is 64.4 cm³/mol. The second kappa shape index (κ2) is 4.15. The predicted octanol–water partition coefficient (Wildman–Crippen LogP) is 1.85. The fourth-order valence-corrected chi connectivity index (χ4v) is 2.75. The number of hydrogen-bond acceptors (Lipinski definition) is 2. The monoisotopic (exact) mass is 231 g/mol. The van der Waals surface area contributed by atoms with E-state index in [1.54, 1.807) is 7.11 Å². The summed E-state index contributed by atoms with van der Waals surface area (Å²) in [4.78, 5) is 14.3. The van der Waals surface area contributed by atoms with Crippen LogP contribution in [0.2, 0.25) is 0 Å². The van der Waals surface area contributed by atoms with Gasteiger partial charge in [-0.05, 0) is 23.8 Å². The molecule has 0 radical (unpaired) electrons. The normalized spacial score (nSPS) is 27.7. The van der Waals surface area contributed by atoms with E-state index in [-0.39, 0.29) is 5.91 Å². The molecule has 1 heterocycles.